The first-order valence-electron chi connectivity index (χ1n) is 5.55. The first-order valence-corrected chi connectivity index (χ1v) is 7.92. The fraction of sp³-hybridized carbons (Fsp3) is 0.364. The zero-order valence-electron chi connectivity index (χ0n) is 10.4. The van der Waals surface area contributed by atoms with Gasteiger partial charge in [0.15, 0.2) is 5.82 Å². The summed E-state index contributed by atoms with van der Waals surface area (Å²) in [6, 6.07) is 3.39. The fourth-order valence-electron chi connectivity index (χ4n) is 1.98. The van der Waals surface area contributed by atoms with E-state index in [2.05, 4.69) is 4.98 Å². The first-order chi connectivity index (χ1) is 9.38. The highest BCUT2D eigenvalue weighted by Gasteiger charge is 2.39. The predicted octanol–water partition coefficient (Wildman–Crippen LogP) is 0.636. The van der Waals surface area contributed by atoms with E-state index in [1.54, 1.807) is 0 Å². The third kappa shape index (κ3) is 2.55. The van der Waals surface area contributed by atoms with Crippen molar-refractivity contribution in [2.24, 2.45) is 0 Å². The molecule has 106 valence electrons. The number of hydrogen-bond acceptors (Lipinski definition) is 6. The maximum Gasteiger partial charge on any atom is 0.237 e. The molecule has 1 aliphatic heterocycles. The van der Waals surface area contributed by atoms with Gasteiger partial charge in [0.25, 0.3) is 0 Å². The molecule has 2 rings (SSSR count). The first kappa shape index (κ1) is 14.6. The lowest BCUT2D eigenvalue weighted by Gasteiger charge is -2.17. The number of pyridine rings is 1. The van der Waals surface area contributed by atoms with Crippen molar-refractivity contribution in [1.29, 1.82) is 5.26 Å². The number of anilines is 1. The zero-order valence-corrected chi connectivity index (χ0v) is 12.0. The molecular formula is C11H10ClN3O4S. The average Bonchev–Trinajstić information content (AvgIpc) is 2.79. The average molecular weight is 316 g/mol. The Labute approximate surface area is 120 Å². The molecule has 1 aliphatic rings. The lowest BCUT2D eigenvalue weighted by Crippen LogP contribution is -2.28. The van der Waals surface area contributed by atoms with Crippen molar-refractivity contribution in [3.63, 3.8) is 0 Å². The highest BCUT2D eigenvalue weighted by molar-refractivity contribution is 8.14. The Kier molecular flexibility index (Phi) is 3.83. The smallest absolute Gasteiger partial charge is 0.237 e. The molecule has 1 aromatic rings. The third-order valence-corrected chi connectivity index (χ3v) is 4.84. The van der Waals surface area contributed by atoms with E-state index in [-0.39, 0.29) is 30.1 Å². The number of hydrogen-bond donors (Lipinski definition) is 0. The predicted molar refractivity (Wildman–Crippen MR) is 71.0 cm³/mol. The maximum atomic E-state index is 11.9. The van der Waals surface area contributed by atoms with Crippen molar-refractivity contribution in [1.82, 2.24) is 4.98 Å². The van der Waals surface area contributed by atoms with Crippen LogP contribution in [-0.2, 0) is 13.8 Å². The monoisotopic (exact) mass is 315 g/mol. The van der Waals surface area contributed by atoms with E-state index in [1.165, 1.54) is 19.4 Å². The number of nitriles is 1. The number of nitrogens with zero attached hydrogens (tertiary/aromatic N) is 3. The van der Waals surface area contributed by atoms with Crippen LogP contribution in [0, 0.1) is 11.3 Å². The molecule has 1 unspecified atom stereocenters. The Morgan fingerprint density at radius 1 is 1.60 bits per heavy atom. The molecule has 20 heavy (non-hydrogen) atoms. The van der Waals surface area contributed by atoms with Gasteiger partial charge in [0, 0.05) is 29.8 Å². The molecule has 0 aliphatic carbocycles. The van der Waals surface area contributed by atoms with Crippen molar-refractivity contribution in [2.75, 3.05) is 18.6 Å². The van der Waals surface area contributed by atoms with E-state index in [4.69, 9.17) is 20.7 Å². The molecule has 0 bridgehead atoms. The van der Waals surface area contributed by atoms with Gasteiger partial charge in [-0.15, -0.1) is 0 Å². The molecule has 0 aromatic carbocycles. The van der Waals surface area contributed by atoms with Crippen LogP contribution in [0.25, 0.3) is 0 Å². The second-order valence-corrected chi connectivity index (χ2v) is 7.04. The van der Waals surface area contributed by atoms with E-state index < -0.39 is 20.2 Å². The zero-order chi connectivity index (χ0) is 14.9. The van der Waals surface area contributed by atoms with Gasteiger partial charge in [-0.2, -0.15) is 5.26 Å². The third-order valence-electron chi connectivity index (χ3n) is 2.97. The van der Waals surface area contributed by atoms with E-state index in [0.717, 1.165) is 4.90 Å². The summed E-state index contributed by atoms with van der Waals surface area (Å²) in [7, 11) is 2.82. The number of aromatic nitrogens is 1. The second kappa shape index (κ2) is 5.26. The van der Waals surface area contributed by atoms with E-state index in [1.807, 2.05) is 6.07 Å². The molecular weight excluding hydrogens is 306 g/mol. The van der Waals surface area contributed by atoms with Gasteiger partial charge in [0.2, 0.25) is 15.0 Å². The fourth-order valence-corrected chi connectivity index (χ4v) is 3.01. The lowest BCUT2D eigenvalue weighted by atomic mass is 10.2. The molecule has 9 heteroatoms. The van der Waals surface area contributed by atoms with Gasteiger partial charge in [-0.1, -0.05) is 0 Å². The minimum atomic E-state index is -3.84. The van der Waals surface area contributed by atoms with Crippen LogP contribution in [0.15, 0.2) is 12.3 Å². The van der Waals surface area contributed by atoms with Gasteiger partial charge in [-0.05, 0) is 6.07 Å². The summed E-state index contributed by atoms with van der Waals surface area (Å²) in [4.78, 5) is 17.0. The van der Waals surface area contributed by atoms with Gasteiger partial charge in [0.05, 0.1) is 7.11 Å². The van der Waals surface area contributed by atoms with Gasteiger partial charge in [0.1, 0.15) is 22.6 Å². The number of amides is 1. The highest BCUT2D eigenvalue weighted by Crippen LogP contribution is 2.31. The number of rotatable bonds is 3. The van der Waals surface area contributed by atoms with Gasteiger partial charge < -0.3 is 4.74 Å². The summed E-state index contributed by atoms with van der Waals surface area (Å²) < 4.78 is 27.6. The molecule has 1 aromatic heterocycles. The van der Waals surface area contributed by atoms with Gasteiger partial charge in [-0.3, -0.25) is 9.69 Å². The van der Waals surface area contributed by atoms with Gasteiger partial charge >= 0.3 is 0 Å². The highest BCUT2D eigenvalue weighted by atomic mass is 35.7. The molecule has 2 heterocycles. The van der Waals surface area contributed by atoms with Crippen molar-refractivity contribution in [3.05, 3.63) is 17.8 Å². The lowest BCUT2D eigenvalue weighted by molar-refractivity contribution is -0.117. The molecule has 0 radical (unpaired) electrons. The van der Waals surface area contributed by atoms with E-state index in [9.17, 15) is 13.2 Å². The van der Waals surface area contributed by atoms with Crippen LogP contribution in [0.1, 0.15) is 12.0 Å². The van der Waals surface area contributed by atoms with Crippen LogP contribution < -0.4 is 9.64 Å². The van der Waals surface area contributed by atoms with E-state index >= 15 is 0 Å². The minimum Gasteiger partial charge on any atom is -0.495 e. The van der Waals surface area contributed by atoms with Crippen LogP contribution >= 0.6 is 10.7 Å². The molecule has 0 spiro atoms. The van der Waals surface area contributed by atoms with E-state index in [0.29, 0.717) is 0 Å². The molecule has 1 fully saturated rings. The summed E-state index contributed by atoms with van der Waals surface area (Å²) in [5.74, 6) is -0.0985. The maximum absolute atomic E-state index is 11.9. The van der Waals surface area contributed by atoms with Crippen molar-refractivity contribution in [2.45, 2.75) is 11.7 Å². The Bertz CT molecular complexity index is 698. The summed E-state index contributed by atoms with van der Waals surface area (Å²) in [5.41, 5.74) is 0.0796. The number of carbonyl (C=O) groups excluding carboxylic acids is 1. The SMILES string of the molecule is COc1ccnc(N2CC(S(=O)(=O)Cl)CC2=O)c1C#N. The molecule has 1 amide bonds. The van der Waals surface area contributed by atoms with Crippen molar-refractivity contribution >= 4 is 31.5 Å². The van der Waals surface area contributed by atoms with Gasteiger partial charge in [-0.25, -0.2) is 13.4 Å². The quantitative estimate of drug-likeness (QED) is 0.759. The van der Waals surface area contributed by atoms with Crippen LogP contribution in [-0.4, -0.2) is 38.2 Å². The molecule has 0 N–H and O–H groups in total. The number of halogens is 1. The Morgan fingerprint density at radius 3 is 2.80 bits per heavy atom. The molecule has 7 nitrogen and oxygen atoms in total. The Morgan fingerprint density at radius 2 is 2.30 bits per heavy atom. The second-order valence-electron chi connectivity index (χ2n) is 4.13. The number of ether oxygens (including phenoxy) is 1. The minimum absolute atomic E-state index is 0.0796. The molecule has 1 atom stereocenters. The summed E-state index contributed by atoms with van der Waals surface area (Å²) in [5, 5.41) is 8.15. The van der Waals surface area contributed by atoms with Crippen LogP contribution in [0.2, 0.25) is 0 Å². The topological polar surface area (TPSA) is 100 Å². The number of carbonyl (C=O) groups is 1. The number of methoxy groups -OCH3 is 1. The van der Waals surface area contributed by atoms with Crippen LogP contribution in [0.5, 0.6) is 5.75 Å². The van der Waals surface area contributed by atoms with Crippen LogP contribution in [0.3, 0.4) is 0 Å². The Hall–Kier alpha value is -1.85. The summed E-state index contributed by atoms with van der Waals surface area (Å²) >= 11 is 0. The molecule has 0 saturated carbocycles. The van der Waals surface area contributed by atoms with Crippen LogP contribution in [0.4, 0.5) is 5.82 Å². The van der Waals surface area contributed by atoms with Crippen molar-refractivity contribution in [3.8, 4) is 11.8 Å². The standard InChI is InChI=1S/C11H10ClN3O4S/c1-19-9-2-3-14-11(8(9)5-13)15-6-7(4-10(15)16)20(12,17)18/h2-3,7H,4,6H2,1H3. The largest absolute Gasteiger partial charge is 0.495 e. The van der Waals surface area contributed by atoms with Crippen molar-refractivity contribution < 1.29 is 17.9 Å². The summed E-state index contributed by atoms with van der Waals surface area (Å²) in [6.07, 6.45) is 1.15. The normalized spacial score (nSPS) is 18.9. The molecule has 1 saturated heterocycles. The summed E-state index contributed by atoms with van der Waals surface area (Å²) in [6.45, 7) is -0.125. The Balaban J connectivity index is 2.44.